The lowest BCUT2D eigenvalue weighted by Gasteiger charge is -2.29. The molecule has 1 aliphatic heterocycles. The van der Waals surface area contributed by atoms with Crippen LogP contribution in [0.3, 0.4) is 0 Å². The summed E-state index contributed by atoms with van der Waals surface area (Å²) in [6, 6.07) is 11.7. The van der Waals surface area contributed by atoms with Crippen LogP contribution in [0.15, 0.2) is 48.5 Å². The van der Waals surface area contributed by atoms with Crippen molar-refractivity contribution in [1.82, 2.24) is 0 Å². The zero-order valence-corrected chi connectivity index (χ0v) is 12.3. The van der Waals surface area contributed by atoms with Crippen molar-refractivity contribution in [3.63, 3.8) is 0 Å². The van der Waals surface area contributed by atoms with E-state index < -0.39 is 30.6 Å². The van der Waals surface area contributed by atoms with E-state index in [1.165, 1.54) is 36.4 Å². The fourth-order valence-corrected chi connectivity index (χ4v) is 2.46. The predicted octanol–water partition coefficient (Wildman–Crippen LogP) is 2.35. The van der Waals surface area contributed by atoms with Crippen LogP contribution >= 0.6 is 0 Å². The molecule has 0 bridgehead atoms. The first kappa shape index (κ1) is 15.7. The largest absolute Gasteiger partial charge is 0.482 e. The summed E-state index contributed by atoms with van der Waals surface area (Å²) in [5.41, 5.74) is 0.380. The van der Waals surface area contributed by atoms with E-state index in [1.54, 1.807) is 12.1 Å². The summed E-state index contributed by atoms with van der Waals surface area (Å²) < 4.78 is 19.3. The summed E-state index contributed by atoms with van der Waals surface area (Å²) in [5, 5.41) is 8.56. The van der Waals surface area contributed by atoms with Crippen LogP contribution in [-0.2, 0) is 9.59 Å². The summed E-state index contributed by atoms with van der Waals surface area (Å²) >= 11 is 0. The van der Waals surface area contributed by atoms with Crippen LogP contribution in [0.2, 0.25) is 0 Å². The van der Waals surface area contributed by atoms with Gasteiger partial charge in [0.25, 0.3) is 11.8 Å². The molecule has 2 aromatic rings. The fraction of sp³-hybridized carbons (Fsp3) is 0.118. The van der Waals surface area contributed by atoms with Crippen LogP contribution in [0, 0.1) is 0 Å². The number of fused-ring (bicyclic) bond motifs is 1. The molecule has 1 N–H and O–H groups in total. The highest BCUT2D eigenvalue weighted by molar-refractivity contribution is 6.25. The summed E-state index contributed by atoms with van der Waals surface area (Å²) in [4.78, 5) is 36.0. The third-order valence-electron chi connectivity index (χ3n) is 3.56. The van der Waals surface area contributed by atoms with E-state index in [1.807, 2.05) is 0 Å². The Bertz CT molecular complexity index is 818. The number of carboxylic acids is 1. The van der Waals surface area contributed by atoms with Gasteiger partial charge < -0.3 is 9.84 Å². The number of carbonyl (C=O) groups is 3. The number of anilines is 1. The van der Waals surface area contributed by atoms with Crippen LogP contribution in [-0.4, -0.2) is 29.5 Å². The summed E-state index contributed by atoms with van der Waals surface area (Å²) in [6.45, 7) is -0.513. The molecule has 0 aliphatic carbocycles. The number of rotatable bonds is 4. The van der Waals surface area contributed by atoms with E-state index >= 15 is 0 Å². The van der Waals surface area contributed by atoms with Crippen molar-refractivity contribution in [3.8, 4) is 5.75 Å². The van der Waals surface area contributed by atoms with Gasteiger partial charge in [-0.25, -0.2) is 14.1 Å². The van der Waals surface area contributed by atoms with Gasteiger partial charge in [-0.3, -0.25) is 9.59 Å². The number of aliphatic carboxylic acids is 1. The highest BCUT2D eigenvalue weighted by Crippen LogP contribution is 2.33. The first-order valence-electron chi connectivity index (χ1n) is 7.05. The monoisotopic (exact) mass is 329 g/mol. The third kappa shape index (κ3) is 2.71. The molecular formula is C17H12FNO5. The van der Waals surface area contributed by atoms with E-state index in [0.29, 0.717) is 0 Å². The van der Waals surface area contributed by atoms with Crippen LogP contribution < -0.4 is 9.64 Å². The standard InChI is InChI=1S/C17H12FNO5/c18-15-12-3-1-2-4-13(12)16(22)19(17(15)23)10-5-7-11(8-6-10)24-9-14(20)21/h1-8,15H,9H2,(H,20,21). The second kappa shape index (κ2) is 6.11. The minimum absolute atomic E-state index is 0.0603. The lowest BCUT2D eigenvalue weighted by atomic mass is 9.96. The number of imide groups is 1. The molecule has 1 unspecified atom stereocenters. The Morgan fingerprint density at radius 1 is 1.12 bits per heavy atom. The molecule has 7 heteroatoms. The van der Waals surface area contributed by atoms with E-state index in [-0.39, 0.29) is 22.6 Å². The molecule has 1 atom stereocenters. The third-order valence-corrected chi connectivity index (χ3v) is 3.56. The highest BCUT2D eigenvalue weighted by atomic mass is 19.1. The number of halogens is 1. The first-order valence-corrected chi connectivity index (χ1v) is 7.05. The molecule has 2 amide bonds. The molecule has 24 heavy (non-hydrogen) atoms. The van der Waals surface area contributed by atoms with E-state index in [9.17, 15) is 18.8 Å². The molecule has 1 heterocycles. The molecule has 0 saturated carbocycles. The Kier molecular flexibility index (Phi) is 3.99. The number of alkyl halides is 1. The van der Waals surface area contributed by atoms with E-state index in [4.69, 9.17) is 9.84 Å². The molecule has 0 spiro atoms. The molecule has 0 aromatic heterocycles. The first-order chi connectivity index (χ1) is 11.5. The number of hydrogen-bond donors (Lipinski definition) is 1. The number of nitrogens with zero attached hydrogens (tertiary/aromatic N) is 1. The number of ether oxygens (including phenoxy) is 1. The Balaban J connectivity index is 1.90. The molecule has 0 radical (unpaired) electrons. The van der Waals surface area contributed by atoms with Gasteiger partial charge in [-0.2, -0.15) is 0 Å². The molecule has 1 aliphatic rings. The predicted molar refractivity (Wildman–Crippen MR) is 81.7 cm³/mol. The van der Waals surface area contributed by atoms with Gasteiger partial charge >= 0.3 is 5.97 Å². The van der Waals surface area contributed by atoms with Gasteiger partial charge in [0.2, 0.25) is 6.17 Å². The number of amides is 2. The number of carbonyl (C=O) groups excluding carboxylic acids is 2. The average Bonchev–Trinajstić information content (AvgIpc) is 2.59. The molecule has 0 saturated heterocycles. The van der Waals surface area contributed by atoms with Crippen molar-refractivity contribution in [2.75, 3.05) is 11.5 Å². The number of benzene rings is 2. The van der Waals surface area contributed by atoms with Gasteiger partial charge in [0.1, 0.15) is 5.75 Å². The summed E-state index contributed by atoms with van der Waals surface area (Å²) in [6.07, 6.45) is -1.91. The van der Waals surface area contributed by atoms with Crippen molar-refractivity contribution in [1.29, 1.82) is 0 Å². The zero-order valence-electron chi connectivity index (χ0n) is 12.3. The SMILES string of the molecule is O=C(O)COc1ccc(N2C(=O)c3ccccc3C(F)C2=O)cc1. The normalized spacial score (nSPS) is 16.7. The van der Waals surface area contributed by atoms with Crippen LogP contribution in [0.1, 0.15) is 22.1 Å². The van der Waals surface area contributed by atoms with Crippen molar-refractivity contribution < 1.29 is 28.6 Å². The maximum Gasteiger partial charge on any atom is 0.341 e. The van der Waals surface area contributed by atoms with Gasteiger partial charge in [0.15, 0.2) is 6.61 Å². The summed E-state index contributed by atoms with van der Waals surface area (Å²) in [5.74, 6) is -2.44. The summed E-state index contributed by atoms with van der Waals surface area (Å²) in [7, 11) is 0. The minimum Gasteiger partial charge on any atom is -0.482 e. The van der Waals surface area contributed by atoms with Gasteiger partial charge in [-0.15, -0.1) is 0 Å². The molecule has 2 aromatic carbocycles. The van der Waals surface area contributed by atoms with Crippen LogP contribution in [0.4, 0.5) is 10.1 Å². The smallest absolute Gasteiger partial charge is 0.341 e. The van der Waals surface area contributed by atoms with Gasteiger partial charge in [0, 0.05) is 11.1 Å². The fourth-order valence-electron chi connectivity index (χ4n) is 2.46. The van der Waals surface area contributed by atoms with E-state index in [0.717, 1.165) is 4.90 Å². The molecule has 6 nitrogen and oxygen atoms in total. The number of carboxylic acid groups (broad SMARTS) is 1. The molecule has 122 valence electrons. The zero-order chi connectivity index (χ0) is 17.3. The minimum atomic E-state index is -1.91. The molecule has 0 fully saturated rings. The topological polar surface area (TPSA) is 83.9 Å². The van der Waals surface area contributed by atoms with Crippen molar-refractivity contribution in [2.24, 2.45) is 0 Å². The Labute approximate surface area is 136 Å². The van der Waals surface area contributed by atoms with Crippen molar-refractivity contribution in [3.05, 3.63) is 59.7 Å². The van der Waals surface area contributed by atoms with Crippen molar-refractivity contribution >= 4 is 23.5 Å². The maximum absolute atomic E-state index is 14.3. The molecular weight excluding hydrogens is 317 g/mol. The Morgan fingerprint density at radius 3 is 2.46 bits per heavy atom. The lowest BCUT2D eigenvalue weighted by Crippen LogP contribution is -2.43. The number of hydrogen-bond acceptors (Lipinski definition) is 4. The van der Waals surface area contributed by atoms with Gasteiger partial charge in [0.05, 0.1) is 5.69 Å². The van der Waals surface area contributed by atoms with Crippen LogP contribution in [0.5, 0.6) is 5.75 Å². The molecule has 3 rings (SSSR count). The average molecular weight is 329 g/mol. The highest BCUT2D eigenvalue weighted by Gasteiger charge is 2.39. The van der Waals surface area contributed by atoms with Gasteiger partial charge in [-0.1, -0.05) is 18.2 Å². The van der Waals surface area contributed by atoms with Crippen molar-refractivity contribution in [2.45, 2.75) is 6.17 Å². The quantitative estimate of drug-likeness (QED) is 0.871. The Morgan fingerprint density at radius 2 is 1.79 bits per heavy atom. The second-order valence-electron chi connectivity index (χ2n) is 5.10. The van der Waals surface area contributed by atoms with Gasteiger partial charge in [-0.05, 0) is 30.3 Å². The van der Waals surface area contributed by atoms with Crippen LogP contribution in [0.25, 0.3) is 0 Å². The Hall–Kier alpha value is -3.22. The lowest BCUT2D eigenvalue weighted by molar-refractivity contribution is -0.139. The maximum atomic E-state index is 14.3. The second-order valence-corrected chi connectivity index (χ2v) is 5.10. The van der Waals surface area contributed by atoms with E-state index in [2.05, 4.69) is 0 Å².